The van der Waals surface area contributed by atoms with E-state index in [4.69, 9.17) is 9.84 Å². The van der Waals surface area contributed by atoms with E-state index < -0.39 is 11.4 Å². The summed E-state index contributed by atoms with van der Waals surface area (Å²) < 4.78 is 5.23. The molecule has 0 bridgehead atoms. The van der Waals surface area contributed by atoms with Crippen molar-refractivity contribution >= 4 is 11.9 Å². The molecule has 0 fully saturated rings. The Hall–Kier alpha value is -2.15. The average Bonchev–Trinajstić information content (AvgIpc) is 2.46. The third kappa shape index (κ3) is 4.42. The zero-order valence-electron chi connectivity index (χ0n) is 12.7. The molecule has 1 aromatic heterocycles. The molecule has 21 heavy (non-hydrogen) atoms. The van der Waals surface area contributed by atoms with Crippen LogP contribution < -0.4 is 15.4 Å². The number of carbonyl (C=O) groups is 2. The summed E-state index contributed by atoms with van der Waals surface area (Å²) in [6.45, 7) is 4.00. The number of amides is 1. The second-order valence-corrected chi connectivity index (χ2v) is 5.25. The molecule has 0 aliphatic rings. The Morgan fingerprint density at radius 3 is 2.62 bits per heavy atom. The molecule has 1 rings (SSSR count). The van der Waals surface area contributed by atoms with Gasteiger partial charge in [0.1, 0.15) is 11.4 Å². The number of carboxylic acids is 1. The average molecular weight is 295 g/mol. The maximum absolute atomic E-state index is 11.5. The highest BCUT2D eigenvalue weighted by molar-refractivity contribution is 5.92. The number of nitrogens with zero attached hydrogens (tertiary/aromatic N) is 1. The molecular formula is C14H21N3O4. The van der Waals surface area contributed by atoms with Gasteiger partial charge < -0.3 is 20.5 Å². The number of hydrogen-bond donors (Lipinski definition) is 3. The third-order valence-electron chi connectivity index (χ3n) is 3.08. The summed E-state index contributed by atoms with van der Waals surface area (Å²) in [5.41, 5.74) is 0.165. The van der Waals surface area contributed by atoms with Crippen LogP contribution in [0, 0.1) is 5.41 Å². The number of ether oxygens (including phenoxy) is 1. The maximum atomic E-state index is 11.5. The molecule has 1 aromatic rings. The first-order valence-electron chi connectivity index (χ1n) is 6.51. The van der Waals surface area contributed by atoms with Gasteiger partial charge in [-0.2, -0.15) is 0 Å². The number of rotatable bonds is 7. The second kappa shape index (κ2) is 7.03. The topological polar surface area (TPSA) is 101 Å². The smallest absolute Gasteiger partial charge is 0.310 e. The van der Waals surface area contributed by atoms with E-state index >= 15 is 0 Å². The van der Waals surface area contributed by atoms with Crippen LogP contribution in [0.25, 0.3) is 0 Å². The van der Waals surface area contributed by atoms with Gasteiger partial charge in [0.15, 0.2) is 0 Å². The van der Waals surface area contributed by atoms with Crippen molar-refractivity contribution in [1.29, 1.82) is 0 Å². The van der Waals surface area contributed by atoms with E-state index in [1.165, 1.54) is 14.2 Å². The van der Waals surface area contributed by atoms with Gasteiger partial charge in [-0.15, -0.1) is 0 Å². The van der Waals surface area contributed by atoms with Crippen LogP contribution in [0.1, 0.15) is 29.9 Å². The van der Waals surface area contributed by atoms with E-state index in [2.05, 4.69) is 15.6 Å². The van der Waals surface area contributed by atoms with Crippen molar-refractivity contribution in [3.8, 4) is 5.75 Å². The molecule has 0 atom stereocenters. The van der Waals surface area contributed by atoms with Crippen LogP contribution in [0.4, 0.5) is 0 Å². The number of hydrogen-bond acceptors (Lipinski definition) is 5. The van der Waals surface area contributed by atoms with Crippen LogP contribution in [0.2, 0.25) is 0 Å². The standard InChI is InChI=1S/C14H21N3O4/c1-14(2,13(19)20)8-16-6-9-7-17-10(12(18)15-3)5-11(9)21-4/h5,7,16H,6,8H2,1-4H3,(H,15,18)(H,19,20). The molecule has 1 heterocycles. The summed E-state index contributed by atoms with van der Waals surface area (Å²) >= 11 is 0. The van der Waals surface area contributed by atoms with Gasteiger partial charge in [-0.05, 0) is 13.8 Å². The van der Waals surface area contributed by atoms with Crippen molar-refractivity contribution in [2.75, 3.05) is 20.7 Å². The minimum Gasteiger partial charge on any atom is -0.496 e. The summed E-state index contributed by atoms with van der Waals surface area (Å²) in [6.07, 6.45) is 1.55. The first-order chi connectivity index (χ1) is 9.81. The Balaban J connectivity index is 2.76. The summed E-state index contributed by atoms with van der Waals surface area (Å²) in [5, 5.41) is 14.6. The quantitative estimate of drug-likeness (QED) is 0.683. The maximum Gasteiger partial charge on any atom is 0.310 e. The molecular weight excluding hydrogens is 274 g/mol. The molecule has 3 N–H and O–H groups in total. The zero-order chi connectivity index (χ0) is 16.0. The lowest BCUT2D eigenvalue weighted by molar-refractivity contribution is -0.146. The number of nitrogens with one attached hydrogen (secondary N) is 2. The summed E-state index contributed by atoms with van der Waals surface area (Å²) in [7, 11) is 3.04. The summed E-state index contributed by atoms with van der Waals surface area (Å²) in [4.78, 5) is 26.6. The van der Waals surface area contributed by atoms with Crippen LogP contribution in [0.5, 0.6) is 5.75 Å². The van der Waals surface area contributed by atoms with Crippen molar-refractivity contribution < 1.29 is 19.4 Å². The van der Waals surface area contributed by atoms with E-state index in [0.717, 1.165) is 5.56 Å². The highest BCUT2D eigenvalue weighted by Gasteiger charge is 2.26. The number of aromatic nitrogens is 1. The SMILES string of the molecule is CNC(=O)c1cc(OC)c(CNCC(C)(C)C(=O)O)cn1. The molecule has 0 unspecified atom stereocenters. The first-order valence-corrected chi connectivity index (χ1v) is 6.51. The Bertz CT molecular complexity index is 529. The van der Waals surface area contributed by atoms with Gasteiger partial charge in [0.05, 0.1) is 12.5 Å². The molecule has 0 radical (unpaired) electrons. The number of pyridine rings is 1. The second-order valence-electron chi connectivity index (χ2n) is 5.25. The molecule has 0 aromatic carbocycles. The van der Waals surface area contributed by atoms with Crippen molar-refractivity contribution in [2.45, 2.75) is 20.4 Å². The number of carboxylic acid groups (broad SMARTS) is 1. The first kappa shape index (κ1) is 16.9. The summed E-state index contributed by atoms with van der Waals surface area (Å²) in [5.74, 6) is -0.626. The van der Waals surface area contributed by atoms with Gasteiger partial charge in [-0.3, -0.25) is 14.6 Å². The number of carbonyl (C=O) groups excluding carboxylic acids is 1. The minimum absolute atomic E-state index is 0.268. The molecule has 7 nitrogen and oxygen atoms in total. The summed E-state index contributed by atoms with van der Waals surface area (Å²) in [6, 6.07) is 1.55. The van der Waals surface area contributed by atoms with Crippen LogP contribution in [0.15, 0.2) is 12.3 Å². The molecule has 0 saturated heterocycles. The monoisotopic (exact) mass is 295 g/mol. The fourth-order valence-electron chi connectivity index (χ4n) is 1.63. The number of methoxy groups -OCH3 is 1. The third-order valence-corrected chi connectivity index (χ3v) is 3.08. The van der Waals surface area contributed by atoms with Gasteiger partial charge in [0, 0.05) is 38.0 Å². The normalized spacial score (nSPS) is 11.0. The largest absolute Gasteiger partial charge is 0.496 e. The predicted octanol–water partition coefficient (Wildman–Crippen LogP) is 0.650. The minimum atomic E-state index is -0.866. The highest BCUT2D eigenvalue weighted by atomic mass is 16.5. The Morgan fingerprint density at radius 1 is 1.43 bits per heavy atom. The Morgan fingerprint density at radius 2 is 2.10 bits per heavy atom. The molecule has 0 saturated carbocycles. The number of aliphatic carboxylic acids is 1. The molecule has 116 valence electrons. The molecule has 0 spiro atoms. The fraction of sp³-hybridized carbons (Fsp3) is 0.500. The lowest BCUT2D eigenvalue weighted by Gasteiger charge is -2.20. The Kier molecular flexibility index (Phi) is 5.66. The van der Waals surface area contributed by atoms with Gasteiger partial charge in [0.25, 0.3) is 5.91 Å². The molecule has 0 aliphatic heterocycles. The van der Waals surface area contributed by atoms with Crippen molar-refractivity contribution in [2.24, 2.45) is 5.41 Å². The molecule has 1 amide bonds. The van der Waals surface area contributed by atoms with Crippen molar-refractivity contribution in [3.63, 3.8) is 0 Å². The van der Waals surface area contributed by atoms with Gasteiger partial charge in [-0.25, -0.2) is 0 Å². The predicted molar refractivity (Wildman–Crippen MR) is 77.3 cm³/mol. The van der Waals surface area contributed by atoms with Gasteiger partial charge >= 0.3 is 5.97 Å². The van der Waals surface area contributed by atoms with E-state index in [1.807, 2.05) is 0 Å². The van der Waals surface area contributed by atoms with Crippen LogP contribution >= 0.6 is 0 Å². The Labute approximate surface area is 123 Å². The van der Waals surface area contributed by atoms with Gasteiger partial charge in [0.2, 0.25) is 0 Å². The van der Waals surface area contributed by atoms with Gasteiger partial charge in [-0.1, -0.05) is 0 Å². The van der Waals surface area contributed by atoms with E-state index in [-0.39, 0.29) is 11.6 Å². The van der Waals surface area contributed by atoms with Crippen LogP contribution in [-0.2, 0) is 11.3 Å². The fourth-order valence-corrected chi connectivity index (χ4v) is 1.63. The molecule has 7 heteroatoms. The molecule has 0 aliphatic carbocycles. The lowest BCUT2D eigenvalue weighted by atomic mass is 9.94. The van der Waals surface area contributed by atoms with Crippen LogP contribution in [0.3, 0.4) is 0 Å². The van der Waals surface area contributed by atoms with Crippen LogP contribution in [-0.4, -0.2) is 42.7 Å². The van der Waals surface area contributed by atoms with E-state index in [9.17, 15) is 9.59 Å². The van der Waals surface area contributed by atoms with E-state index in [1.54, 1.807) is 26.1 Å². The van der Waals surface area contributed by atoms with Crippen molar-refractivity contribution in [3.05, 3.63) is 23.5 Å². The highest BCUT2D eigenvalue weighted by Crippen LogP contribution is 2.19. The lowest BCUT2D eigenvalue weighted by Crippen LogP contribution is -2.35. The van der Waals surface area contributed by atoms with Crippen molar-refractivity contribution in [1.82, 2.24) is 15.6 Å². The van der Waals surface area contributed by atoms with E-state index in [0.29, 0.717) is 18.8 Å². The zero-order valence-corrected chi connectivity index (χ0v) is 12.7.